The van der Waals surface area contributed by atoms with E-state index in [9.17, 15) is 4.39 Å². The van der Waals surface area contributed by atoms with Crippen molar-refractivity contribution in [3.05, 3.63) is 106 Å². The molecule has 178 valence electrons. The maximum atomic E-state index is 14.1. The third kappa shape index (κ3) is 5.13. The average Bonchev–Trinajstić information content (AvgIpc) is 2.86. The summed E-state index contributed by atoms with van der Waals surface area (Å²) in [5.41, 5.74) is 11.0. The Morgan fingerprint density at radius 1 is 0.943 bits per heavy atom. The minimum atomic E-state index is -0.212. The van der Waals surface area contributed by atoms with Gasteiger partial charge in [-0.05, 0) is 95.7 Å². The van der Waals surface area contributed by atoms with E-state index in [1.165, 1.54) is 78.0 Å². The summed E-state index contributed by atoms with van der Waals surface area (Å²) in [6.45, 7) is 6.70. The van der Waals surface area contributed by atoms with Crippen LogP contribution in [0.2, 0.25) is 0 Å². The number of rotatable bonds is 5. The number of halogens is 1. The van der Waals surface area contributed by atoms with Crippen LogP contribution in [0, 0.1) is 36.7 Å². The van der Waals surface area contributed by atoms with E-state index in [1.54, 1.807) is 12.1 Å². The molecule has 0 heterocycles. The molecule has 1 heteroatoms. The molecule has 1 atom stereocenters. The van der Waals surface area contributed by atoms with Crippen LogP contribution in [0.1, 0.15) is 74.6 Å². The van der Waals surface area contributed by atoms with E-state index in [4.69, 9.17) is 0 Å². The molecule has 3 aromatic rings. The zero-order valence-corrected chi connectivity index (χ0v) is 21.3. The molecule has 5 rings (SSSR count). The first-order chi connectivity index (χ1) is 17.0. The van der Waals surface area contributed by atoms with Crippen molar-refractivity contribution in [2.75, 3.05) is 0 Å². The normalized spacial score (nSPS) is 18.9. The Hall–Kier alpha value is -3.11. The number of hydrogen-bond donors (Lipinski definition) is 0. The van der Waals surface area contributed by atoms with E-state index in [-0.39, 0.29) is 5.82 Å². The van der Waals surface area contributed by atoms with Gasteiger partial charge in [0.15, 0.2) is 0 Å². The Labute approximate surface area is 210 Å². The topological polar surface area (TPSA) is 0 Å². The summed E-state index contributed by atoms with van der Waals surface area (Å²) >= 11 is 0. The van der Waals surface area contributed by atoms with Crippen LogP contribution in [0.25, 0.3) is 22.3 Å². The summed E-state index contributed by atoms with van der Waals surface area (Å²) in [5, 5.41) is 0. The molecule has 0 spiro atoms. The first-order valence-corrected chi connectivity index (χ1v) is 13.2. The van der Waals surface area contributed by atoms with Gasteiger partial charge < -0.3 is 0 Å². The summed E-state index contributed by atoms with van der Waals surface area (Å²) in [5.74, 6) is 1.06. The Balaban J connectivity index is 1.54. The number of allylic oxidation sites excluding steroid dienone is 4. The molecule has 0 nitrogen and oxygen atoms in total. The predicted octanol–water partition coefficient (Wildman–Crippen LogP) is 9.42. The van der Waals surface area contributed by atoms with E-state index in [0.717, 1.165) is 29.0 Å². The van der Waals surface area contributed by atoms with Crippen molar-refractivity contribution in [1.29, 1.82) is 0 Å². The Kier molecular flexibility index (Phi) is 6.92. The van der Waals surface area contributed by atoms with Crippen LogP contribution < -0.4 is 0 Å². The van der Waals surface area contributed by atoms with Gasteiger partial charge in [0.1, 0.15) is 5.82 Å². The molecule has 0 radical (unpaired) electrons. The maximum absolute atomic E-state index is 14.1. The van der Waals surface area contributed by atoms with Gasteiger partial charge in [0.05, 0.1) is 0 Å². The van der Waals surface area contributed by atoms with Crippen molar-refractivity contribution in [2.45, 2.75) is 65.7 Å². The largest absolute Gasteiger partial charge is 0.207 e. The molecule has 0 aliphatic heterocycles. The second kappa shape index (κ2) is 10.2. The Morgan fingerprint density at radius 2 is 1.71 bits per heavy atom. The van der Waals surface area contributed by atoms with Crippen molar-refractivity contribution in [3.63, 3.8) is 0 Å². The van der Waals surface area contributed by atoms with Crippen LogP contribution >= 0.6 is 0 Å². The zero-order chi connectivity index (χ0) is 24.4. The van der Waals surface area contributed by atoms with Gasteiger partial charge in [0.25, 0.3) is 0 Å². The highest BCUT2D eigenvalue weighted by molar-refractivity contribution is 5.92. The Morgan fingerprint density at radius 3 is 2.51 bits per heavy atom. The summed E-state index contributed by atoms with van der Waals surface area (Å²) in [6, 6.07) is 24.5. The first kappa shape index (κ1) is 23.6. The molecule has 3 aromatic carbocycles. The number of hydrogen-bond acceptors (Lipinski definition) is 0. The van der Waals surface area contributed by atoms with Gasteiger partial charge in [-0.3, -0.25) is 0 Å². The fraction of sp³-hybridized carbons (Fsp3) is 0.353. The maximum Gasteiger partial charge on any atom is 0.123 e. The van der Waals surface area contributed by atoms with Crippen LogP contribution in [-0.4, -0.2) is 0 Å². The molecule has 0 unspecified atom stereocenters. The molecule has 0 aromatic heterocycles. The van der Waals surface area contributed by atoms with Crippen molar-refractivity contribution in [1.82, 2.24) is 0 Å². The third-order valence-electron chi connectivity index (χ3n) is 8.07. The highest BCUT2D eigenvalue weighted by Crippen LogP contribution is 2.42. The Bertz CT molecular complexity index is 1270. The van der Waals surface area contributed by atoms with Crippen molar-refractivity contribution in [2.24, 2.45) is 11.8 Å². The van der Waals surface area contributed by atoms with E-state index in [2.05, 4.69) is 63.2 Å². The zero-order valence-electron chi connectivity index (χ0n) is 21.3. The van der Waals surface area contributed by atoms with Crippen LogP contribution in [-0.2, 0) is 6.42 Å². The van der Waals surface area contributed by atoms with Gasteiger partial charge >= 0.3 is 0 Å². The van der Waals surface area contributed by atoms with Gasteiger partial charge in [0.2, 0.25) is 0 Å². The molecule has 2 aliphatic carbocycles. The van der Waals surface area contributed by atoms with Gasteiger partial charge in [-0.25, -0.2) is 4.39 Å². The first-order valence-electron chi connectivity index (χ1n) is 13.2. The monoisotopic (exact) mass is 462 g/mol. The summed E-state index contributed by atoms with van der Waals surface area (Å²) in [4.78, 5) is 0. The van der Waals surface area contributed by atoms with Crippen LogP contribution in [0.4, 0.5) is 4.39 Å². The summed E-state index contributed by atoms with van der Waals surface area (Å²) in [6.07, 6.45) is 11.5. The lowest BCUT2D eigenvalue weighted by Crippen LogP contribution is -2.10. The second-order valence-electron chi connectivity index (χ2n) is 10.6. The molecule has 0 N–H and O–H groups in total. The second-order valence-corrected chi connectivity index (χ2v) is 10.6. The smallest absolute Gasteiger partial charge is 0.123 e. The fourth-order valence-electron chi connectivity index (χ4n) is 6.02. The molecule has 1 saturated carbocycles. The highest BCUT2D eigenvalue weighted by Gasteiger charge is 2.23. The fourth-order valence-corrected chi connectivity index (χ4v) is 6.02. The quantitative estimate of drug-likeness (QED) is 0.354. The van der Waals surface area contributed by atoms with Gasteiger partial charge in [-0.2, -0.15) is 0 Å². The molecule has 0 amide bonds. The molecule has 1 fully saturated rings. The van der Waals surface area contributed by atoms with E-state index in [1.807, 2.05) is 12.1 Å². The SMILES string of the molecule is CC1=C(c2cccc(CC3CCCCC3)c2)C=C(c2c(C)c#ccc2-c2cccc(F)c2)C[C@@H]1C. The standard InChI is InChI=1S/C34H35F/c1-23-10-7-17-32(29-15-9-16-31(35)21-29)34(23)30-18-24(2)25(3)33(22-30)28-14-8-13-27(20-28)19-26-11-5-4-6-12-26/h8-9,13-17,20-22,24,26H,4-6,11-12,18-19H2,1-3H3/t24-/m0/s1. The van der Waals surface area contributed by atoms with Gasteiger partial charge in [-0.15, -0.1) is 0 Å². The summed E-state index contributed by atoms with van der Waals surface area (Å²) in [7, 11) is 0. The summed E-state index contributed by atoms with van der Waals surface area (Å²) < 4.78 is 14.1. The molecular weight excluding hydrogens is 427 g/mol. The average molecular weight is 463 g/mol. The lowest BCUT2D eigenvalue weighted by atomic mass is 9.78. The van der Waals surface area contributed by atoms with Crippen LogP contribution in [0.3, 0.4) is 0 Å². The number of benzene rings is 2. The molecule has 0 saturated heterocycles. The van der Waals surface area contributed by atoms with E-state index >= 15 is 0 Å². The van der Waals surface area contributed by atoms with Gasteiger partial charge in [-0.1, -0.05) is 99.2 Å². The van der Waals surface area contributed by atoms with E-state index < -0.39 is 0 Å². The minimum absolute atomic E-state index is 0.212. The van der Waals surface area contributed by atoms with Gasteiger partial charge in [0, 0.05) is 5.56 Å². The van der Waals surface area contributed by atoms with Crippen molar-refractivity contribution < 1.29 is 4.39 Å². The lowest BCUT2D eigenvalue weighted by Gasteiger charge is -2.27. The van der Waals surface area contributed by atoms with Crippen molar-refractivity contribution in [3.8, 4) is 11.1 Å². The predicted molar refractivity (Wildman–Crippen MR) is 145 cm³/mol. The van der Waals surface area contributed by atoms with Crippen molar-refractivity contribution >= 4 is 11.1 Å². The molecule has 2 aliphatic rings. The molecule has 35 heavy (non-hydrogen) atoms. The third-order valence-corrected chi connectivity index (χ3v) is 8.07. The van der Waals surface area contributed by atoms with E-state index in [0.29, 0.717) is 5.92 Å². The lowest BCUT2D eigenvalue weighted by molar-refractivity contribution is 0.356. The molecular formula is C34H35F. The minimum Gasteiger partial charge on any atom is -0.207 e. The molecule has 0 bridgehead atoms. The highest BCUT2D eigenvalue weighted by atomic mass is 19.1. The van der Waals surface area contributed by atoms with Crippen LogP contribution in [0.5, 0.6) is 0 Å². The van der Waals surface area contributed by atoms with Crippen LogP contribution in [0.15, 0.2) is 66.2 Å².